The number of Topliss-reactive ketones (excluding diaryl/α,β-unsaturated/α-hetero) is 1. The lowest BCUT2D eigenvalue weighted by molar-refractivity contribution is -0.139. The average Bonchev–Trinajstić information content (AvgIpc) is 3.19. The normalized spacial score (nSPS) is 17.1. The van der Waals surface area contributed by atoms with Gasteiger partial charge in [0.15, 0.2) is 11.3 Å². The molecule has 2 aliphatic heterocycles. The van der Waals surface area contributed by atoms with Crippen molar-refractivity contribution in [2.75, 3.05) is 43.1 Å². The highest BCUT2D eigenvalue weighted by atomic mass is 16.5. The van der Waals surface area contributed by atoms with E-state index in [0.29, 0.717) is 32.0 Å². The molecular weight excluding hydrogens is 446 g/mol. The zero-order valence-corrected chi connectivity index (χ0v) is 19.3. The van der Waals surface area contributed by atoms with Gasteiger partial charge in [-0.2, -0.15) is 0 Å². The number of ketones is 1. The number of hydrogen-bond donors (Lipinski definition) is 1. The van der Waals surface area contributed by atoms with Crippen molar-refractivity contribution in [3.63, 3.8) is 0 Å². The molecule has 0 unspecified atom stereocenters. The van der Waals surface area contributed by atoms with Gasteiger partial charge in [0.05, 0.1) is 25.3 Å². The lowest BCUT2D eigenvalue weighted by atomic mass is 10.1. The largest absolute Gasteiger partial charge is 0.462 e. The first-order chi connectivity index (χ1) is 17.1. The van der Waals surface area contributed by atoms with E-state index in [1.54, 1.807) is 13.0 Å². The Morgan fingerprint density at radius 2 is 1.86 bits per heavy atom. The molecular formula is C27H25N3O5. The number of nitrogens with one attached hydrogen (secondary N) is 1. The summed E-state index contributed by atoms with van der Waals surface area (Å²) in [4.78, 5) is 33.0. The minimum Gasteiger partial charge on any atom is -0.462 e. The highest BCUT2D eigenvalue weighted by Gasteiger charge is 2.37. The molecule has 8 nitrogen and oxygen atoms in total. The van der Waals surface area contributed by atoms with Gasteiger partial charge in [-0.1, -0.05) is 36.4 Å². The Hall–Kier alpha value is -4.17. The summed E-state index contributed by atoms with van der Waals surface area (Å²) in [7, 11) is 0. The van der Waals surface area contributed by atoms with E-state index in [1.807, 2.05) is 60.7 Å². The van der Waals surface area contributed by atoms with E-state index in [1.165, 1.54) is 0 Å². The topological polar surface area (TPSA) is 90.0 Å². The third kappa shape index (κ3) is 4.74. The number of benzene rings is 2. The number of anilines is 2. The van der Waals surface area contributed by atoms with E-state index in [-0.39, 0.29) is 23.8 Å². The number of fused-ring (bicyclic) bond motifs is 1. The third-order valence-corrected chi connectivity index (χ3v) is 5.73. The van der Waals surface area contributed by atoms with Crippen LogP contribution in [-0.2, 0) is 23.8 Å². The summed E-state index contributed by atoms with van der Waals surface area (Å²) < 4.78 is 16.6. The van der Waals surface area contributed by atoms with Crippen molar-refractivity contribution in [1.29, 1.82) is 0 Å². The Morgan fingerprint density at radius 3 is 2.63 bits per heavy atom. The van der Waals surface area contributed by atoms with Crippen molar-refractivity contribution >= 4 is 40.2 Å². The molecule has 0 amide bonds. The van der Waals surface area contributed by atoms with Gasteiger partial charge in [-0.15, -0.1) is 0 Å². The standard InChI is InChI=1S/C27H25N3O5/c1-2-34-27(32)23-24(31)22(35-26(23)28-20-9-4-3-5-10-20)17-19-16-18-8-6-7-11-21(18)29-25(19)30-12-14-33-15-13-30/h3-11,16-17,28H,2,12-15H2,1H3/b22-17-. The number of esters is 1. The molecule has 0 atom stereocenters. The third-order valence-electron chi connectivity index (χ3n) is 5.73. The predicted molar refractivity (Wildman–Crippen MR) is 133 cm³/mol. The maximum Gasteiger partial charge on any atom is 0.347 e. The lowest BCUT2D eigenvalue weighted by Crippen LogP contribution is -2.37. The van der Waals surface area contributed by atoms with Gasteiger partial charge in [-0.05, 0) is 37.3 Å². The maximum atomic E-state index is 13.3. The fourth-order valence-corrected chi connectivity index (χ4v) is 4.06. The molecule has 1 aromatic heterocycles. The van der Waals surface area contributed by atoms with Gasteiger partial charge in [0, 0.05) is 29.7 Å². The molecule has 0 radical (unpaired) electrons. The van der Waals surface area contributed by atoms with Crippen LogP contribution in [0.25, 0.3) is 17.0 Å². The minimum absolute atomic E-state index is 0.0260. The number of rotatable bonds is 6. The number of pyridine rings is 1. The lowest BCUT2D eigenvalue weighted by Gasteiger charge is -2.29. The van der Waals surface area contributed by atoms with Crippen LogP contribution in [0.1, 0.15) is 12.5 Å². The van der Waals surface area contributed by atoms with Gasteiger partial charge < -0.3 is 24.4 Å². The summed E-state index contributed by atoms with van der Waals surface area (Å²) in [5.74, 6) is -0.462. The summed E-state index contributed by atoms with van der Waals surface area (Å²) in [6, 6.07) is 19.0. The second-order valence-corrected chi connectivity index (χ2v) is 8.05. The predicted octanol–water partition coefficient (Wildman–Crippen LogP) is 3.90. The van der Waals surface area contributed by atoms with Gasteiger partial charge in [0.2, 0.25) is 11.7 Å². The number of aromatic nitrogens is 1. The van der Waals surface area contributed by atoms with E-state index in [2.05, 4.69) is 10.2 Å². The Labute approximate surface area is 202 Å². The molecule has 2 aliphatic rings. The summed E-state index contributed by atoms with van der Waals surface area (Å²) >= 11 is 0. The first-order valence-electron chi connectivity index (χ1n) is 11.5. The molecule has 3 aromatic rings. The molecule has 5 rings (SSSR count). The molecule has 0 bridgehead atoms. The van der Waals surface area contributed by atoms with Crippen LogP contribution in [-0.4, -0.2) is 49.6 Å². The van der Waals surface area contributed by atoms with Gasteiger partial charge in [-0.3, -0.25) is 4.79 Å². The second kappa shape index (κ2) is 9.99. The van der Waals surface area contributed by atoms with Crippen LogP contribution in [0.3, 0.4) is 0 Å². The van der Waals surface area contributed by atoms with Crippen LogP contribution < -0.4 is 10.2 Å². The fourth-order valence-electron chi connectivity index (χ4n) is 4.06. The van der Waals surface area contributed by atoms with E-state index in [0.717, 1.165) is 22.3 Å². The number of hydrogen-bond acceptors (Lipinski definition) is 8. The first kappa shape index (κ1) is 22.6. The van der Waals surface area contributed by atoms with Crippen LogP contribution in [0.15, 0.2) is 77.9 Å². The van der Waals surface area contributed by atoms with Crippen molar-refractivity contribution in [1.82, 2.24) is 4.98 Å². The van der Waals surface area contributed by atoms with Crippen LogP contribution >= 0.6 is 0 Å². The Bertz CT molecular complexity index is 1330. The fraction of sp³-hybridized carbons (Fsp3) is 0.222. The van der Waals surface area contributed by atoms with Crippen molar-refractivity contribution in [3.8, 4) is 0 Å². The van der Waals surface area contributed by atoms with Crippen molar-refractivity contribution in [2.24, 2.45) is 0 Å². The molecule has 1 saturated heterocycles. The van der Waals surface area contributed by atoms with Crippen LogP contribution in [0.2, 0.25) is 0 Å². The van der Waals surface area contributed by atoms with Crippen LogP contribution in [0.4, 0.5) is 11.5 Å². The van der Waals surface area contributed by atoms with E-state index < -0.39 is 11.8 Å². The summed E-state index contributed by atoms with van der Waals surface area (Å²) in [6.07, 6.45) is 1.64. The Morgan fingerprint density at radius 1 is 1.11 bits per heavy atom. The molecule has 0 spiro atoms. The number of carbonyl (C=O) groups excluding carboxylic acids is 2. The molecule has 3 heterocycles. The SMILES string of the molecule is CCOC(=O)C1=C(Nc2ccccc2)O/C(=C\c2cc3ccccc3nc2N2CCOCC2)C1=O. The van der Waals surface area contributed by atoms with E-state index in [9.17, 15) is 9.59 Å². The van der Waals surface area contributed by atoms with Gasteiger partial charge in [0.25, 0.3) is 0 Å². The van der Waals surface area contributed by atoms with Crippen molar-refractivity contribution in [2.45, 2.75) is 6.92 Å². The van der Waals surface area contributed by atoms with Gasteiger partial charge in [-0.25, -0.2) is 9.78 Å². The molecule has 2 aromatic carbocycles. The van der Waals surface area contributed by atoms with Crippen molar-refractivity contribution in [3.05, 3.63) is 83.4 Å². The zero-order chi connectivity index (χ0) is 24.2. The van der Waals surface area contributed by atoms with Crippen LogP contribution in [0, 0.1) is 0 Å². The molecule has 35 heavy (non-hydrogen) atoms. The summed E-state index contributed by atoms with van der Waals surface area (Å²) in [5.41, 5.74) is 2.09. The summed E-state index contributed by atoms with van der Waals surface area (Å²) in [5, 5.41) is 3.97. The molecule has 1 N–H and O–H groups in total. The monoisotopic (exact) mass is 471 g/mol. The first-order valence-corrected chi connectivity index (χ1v) is 11.5. The van der Waals surface area contributed by atoms with Gasteiger partial charge in [0.1, 0.15) is 5.82 Å². The molecule has 1 fully saturated rings. The number of para-hydroxylation sites is 2. The molecule has 178 valence electrons. The van der Waals surface area contributed by atoms with Crippen molar-refractivity contribution < 1.29 is 23.8 Å². The number of nitrogens with zero attached hydrogens (tertiary/aromatic N) is 2. The van der Waals surface area contributed by atoms with E-state index in [4.69, 9.17) is 19.2 Å². The quantitative estimate of drug-likeness (QED) is 0.329. The zero-order valence-electron chi connectivity index (χ0n) is 19.3. The Balaban J connectivity index is 1.55. The Kier molecular flexibility index (Phi) is 6.45. The smallest absolute Gasteiger partial charge is 0.347 e. The van der Waals surface area contributed by atoms with Gasteiger partial charge >= 0.3 is 5.97 Å². The van der Waals surface area contributed by atoms with Crippen LogP contribution in [0.5, 0.6) is 0 Å². The molecule has 0 saturated carbocycles. The average molecular weight is 472 g/mol. The number of morpholine rings is 1. The highest BCUT2D eigenvalue weighted by molar-refractivity contribution is 6.26. The second-order valence-electron chi connectivity index (χ2n) is 8.05. The molecule has 0 aliphatic carbocycles. The summed E-state index contributed by atoms with van der Waals surface area (Å²) in [6.45, 7) is 4.39. The minimum atomic E-state index is -0.732. The maximum absolute atomic E-state index is 13.3. The highest BCUT2D eigenvalue weighted by Crippen LogP contribution is 2.32. The number of carbonyl (C=O) groups is 2. The number of ether oxygens (including phenoxy) is 3. The number of allylic oxidation sites excluding steroid dienone is 1. The molecule has 8 heteroatoms. The van der Waals surface area contributed by atoms with E-state index >= 15 is 0 Å².